The van der Waals surface area contributed by atoms with Crippen LogP contribution in [0.1, 0.15) is 6.42 Å². The van der Waals surface area contributed by atoms with Crippen molar-refractivity contribution in [1.82, 2.24) is 9.66 Å². The highest BCUT2D eigenvalue weighted by Crippen LogP contribution is 2.25. The summed E-state index contributed by atoms with van der Waals surface area (Å²) in [6.07, 6.45) is 0.0829. The Balaban J connectivity index is 1.59. The third kappa shape index (κ3) is 3.15. The van der Waals surface area contributed by atoms with E-state index >= 15 is 0 Å². The quantitative estimate of drug-likeness (QED) is 0.682. The molecule has 2 N–H and O–H groups in total. The zero-order chi connectivity index (χ0) is 19.0. The molecule has 0 radical (unpaired) electrons. The van der Waals surface area contributed by atoms with Crippen LogP contribution >= 0.6 is 12.2 Å². The molecule has 2 amide bonds. The van der Waals surface area contributed by atoms with Crippen molar-refractivity contribution < 1.29 is 9.59 Å². The van der Waals surface area contributed by atoms with E-state index in [0.29, 0.717) is 10.9 Å². The van der Waals surface area contributed by atoms with Crippen LogP contribution < -0.4 is 15.9 Å². The zero-order valence-electron chi connectivity index (χ0n) is 14.2. The SMILES string of the molecule is O=C(Nn1c(=S)[nH]c2ccccc2c1=O)C1CC(=O)N(c2ccccc2)C1. The minimum absolute atomic E-state index is 0.0829. The maximum absolute atomic E-state index is 12.7. The topological polar surface area (TPSA) is 87.2 Å². The zero-order valence-corrected chi connectivity index (χ0v) is 15.0. The molecule has 1 aliphatic rings. The smallest absolute Gasteiger partial charge is 0.281 e. The second-order valence-electron chi connectivity index (χ2n) is 6.33. The van der Waals surface area contributed by atoms with Gasteiger partial charge in [-0.05, 0) is 36.5 Å². The van der Waals surface area contributed by atoms with Gasteiger partial charge in [0.2, 0.25) is 11.8 Å². The van der Waals surface area contributed by atoms with Crippen LogP contribution in [0, 0.1) is 10.7 Å². The molecule has 0 spiro atoms. The molecule has 0 bridgehead atoms. The number of carbonyl (C=O) groups excluding carboxylic acids is 2. The predicted molar refractivity (Wildman–Crippen MR) is 105 cm³/mol. The molecule has 1 aliphatic heterocycles. The lowest BCUT2D eigenvalue weighted by molar-refractivity contribution is -0.123. The highest BCUT2D eigenvalue weighted by Gasteiger charge is 2.35. The Morgan fingerprint density at radius 1 is 1.07 bits per heavy atom. The molecular formula is C19H16N4O3S. The number of hydrogen-bond donors (Lipinski definition) is 2. The third-order valence-corrected chi connectivity index (χ3v) is 4.88. The lowest BCUT2D eigenvalue weighted by Gasteiger charge is -2.17. The monoisotopic (exact) mass is 380 g/mol. The molecule has 2 heterocycles. The van der Waals surface area contributed by atoms with E-state index in [1.54, 1.807) is 29.2 Å². The number of benzene rings is 2. The molecule has 136 valence electrons. The second-order valence-corrected chi connectivity index (χ2v) is 6.72. The van der Waals surface area contributed by atoms with E-state index in [9.17, 15) is 14.4 Å². The van der Waals surface area contributed by atoms with Gasteiger partial charge in [0, 0.05) is 18.7 Å². The number of carbonyl (C=O) groups is 2. The standard InChI is InChI=1S/C19H16N4O3S/c24-16-10-12(11-22(16)13-6-2-1-3-7-13)17(25)21-23-18(26)14-8-4-5-9-15(14)20-19(23)27/h1-9,12H,10-11H2,(H,20,27)(H,21,25). The molecule has 1 unspecified atom stereocenters. The van der Waals surface area contributed by atoms with E-state index < -0.39 is 17.4 Å². The molecule has 3 aromatic rings. The maximum atomic E-state index is 12.7. The lowest BCUT2D eigenvalue weighted by atomic mass is 10.1. The van der Waals surface area contributed by atoms with Crippen LogP contribution in [-0.4, -0.2) is 28.0 Å². The van der Waals surface area contributed by atoms with Gasteiger partial charge in [-0.1, -0.05) is 30.3 Å². The van der Waals surface area contributed by atoms with Crippen molar-refractivity contribution >= 4 is 40.6 Å². The predicted octanol–water partition coefficient (Wildman–Crippen LogP) is 2.18. The Labute approximate surface area is 159 Å². The number of aromatic nitrogens is 2. The summed E-state index contributed by atoms with van der Waals surface area (Å²) in [5.41, 5.74) is 3.50. The fourth-order valence-corrected chi connectivity index (χ4v) is 3.44. The number of H-pyrrole nitrogens is 1. The van der Waals surface area contributed by atoms with Crippen molar-refractivity contribution in [2.45, 2.75) is 6.42 Å². The van der Waals surface area contributed by atoms with Crippen molar-refractivity contribution in [2.24, 2.45) is 5.92 Å². The summed E-state index contributed by atoms with van der Waals surface area (Å²) in [4.78, 5) is 42.1. The number of aromatic amines is 1. The van der Waals surface area contributed by atoms with Gasteiger partial charge in [0.1, 0.15) is 0 Å². The summed E-state index contributed by atoms with van der Waals surface area (Å²) in [5, 5.41) is 0.416. The maximum Gasteiger partial charge on any atom is 0.281 e. The lowest BCUT2D eigenvalue weighted by Crippen LogP contribution is -2.38. The Morgan fingerprint density at radius 3 is 2.56 bits per heavy atom. The van der Waals surface area contributed by atoms with Crippen LogP contribution in [0.2, 0.25) is 0 Å². The van der Waals surface area contributed by atoms with Crippen LogP contribution in [-0.2, 0) is 9.59 Å². The normalized spacial score (nSPS) is 16.7. The average Bonchev–Trinajstić information content (AvgIpc) is 3.07. The minimum atomic E-state index is -0.564. The van der Waals surface area contributed by atoms with E-state index in [-0.39, 0.29) is 23.6 Å². The van der Waals surface area contributed by atoms with E-state index in [4.69, 9.17) is 12.2 Å². The van der Waals surface area contributed by atoms with Crippen molar-refractivity contribution in [3.8, 4) is 0 Å². The number of anilines is 1. The van der Waals surface area contributed by atoms with Crippen LogP contribution in [0.5, 0.6) is 0 Å². The molecule has 8 heteroatoms. The Kier molecular flexibility index (Phi) is 4.33. The molecule has 27 heavy (non-hydrogen) atoms. The molecule has 0 saturated carbocycles. The molecule has 1 fully saturated rings. The molecule has 1 saturated heterocycles. The van der Waals surface area contributed by atoms with Crippen LogP contribution in [0.15, 0.2) is 59.4 Å². The van der Waals surface area contributed by atoms with Gasteiger partial charge in [-0.15, -0.1) is 0 Å². The van der Waals surface area contributed by atoms with Gasteiger partial charge in [-0.25, -0.2) is 0 Å². The molecule has 1 atom stereocenters. The van der Waals surface area contributed by atoms with E-state index in [1.807, 2.05) is 30.3 Å². The van der Waals surface area contributed by atoms with Crippen LogP contribution in [0.25, 0.3) is 10.9 Å². The van der Waals surface area contributed by atoms with Gasteiger partial charge in [0.15, 0.2) is 4.77 Å². The number of nitrogens with one attached hydrogen (secondary N) is 2. The second kappa shape index (κ2) is 6.81. The van der Waals surface area contributed by atoms with E-state index in [0.717, 1.165) is 10.4 Å². The number of rotatable bonds is 3. The fraction of sp³-hybridized carbons (Fsp3) is 0.158. The van der Waals surface area contributed by atoms with Gasteiger partial charge < -0.3 is 9.88 Å². The van der Waals surface area contributed by atoms with E-state index in [1.165, 1.54) is 0 Å². The van der Waals surface area contributed by atoms with E-state index in [2.05, 4.69) is 10.4 Å². The van der Waals surface area contributed by atoms with Crippen molar-refractivity contribution in [1.29, 1.82) is 0 Å². The highest BCUT2D eigenvalue weighted by molar-refractivity contribution is 7.71. The fourth-order valence-electron chi connectivity index (χ4n) is 3.21. The Bertz CT molecular complexity index is 1150. The van der Waals surface area contributed by atoms with Gasteiger partial charge in [0.25, 0.3) is 5.56 Å². The van der Waals surface area contributed by atoms with Crippen molar-refractivity contribution in [2.75, 3.05) is 16.9 Å². The first-order valence-corrected chi connectivity index (χ1v) is 8.86. The van der Waals surface area contributed by atoms with Crippen molar-refractivity contribution in [3.05, 3.63) is 69.7 Å². The first-order valence-electron chi connectivity index (χ1n) is 8.45. The molecule has 2 aromatic carbocycles. The molecule has 4 rings (SSSR count). The van der Waals surface area contributed by atoms with Crippen LogP contribution in [0.4, 0.5) is 5.69 Å². The summed E-state index contributed by atoms with van der Waals surface area (Å²) in [6.45, 7) is 0.257. The summed E-state index contributed by atoms with van der Waals surface area (Å²) in [7, 11) is 0. The summed E-state index contributed by atoms with van der Waals surface area (Å²) in [6, 6.07) is 16.1. The highest BCUT2D eigenvalue weighted by atomic mass is 32.1. The largest absolute Gasteiger partial charge is 0.330 e. The molecule has 1 aromatic heterocycles. The summed E-state index contributed by atoms with van der Waals surface area (Å²) < 4.78 is 1.12. The van der Waals surface area contributed by atoms with Gasteiger partial charge in [0.05, 0.1) is 16.8 Å². The Morgan fingerprint density at radius 2 is 1.78 bits per heavy atom. The number of nitrogens with zero attached hydrogens (tertiary/aromatic N) is 2. The van der Waals surface area contributed by atoms with Gasteiger partial charge in [-0.3, -0.25) is 19.8 Å². The van der Waals surface area contributed by atoms with Gasteiger partial charge in [-0.2, -0.15) is 4.68 Å². The number of hydrogen-bond acceptors (Lipinski definition) is 4. The minimum Gasteiger partial charge on any atom is -0.330 e. The first kappa shape index (κ1) is 17.2. The number of para-hydroxylation sites is 2. The number of fused-ring (bicyclic) bond motifs is 1. The third-order valence-electron chi connectivity index (χ3n) is 4.59. The Hall–Kier alpha value is -3.26. The number of amides is 2. The average molecular weight is 380 g/mol. The molecule has 7 nitrogen and oxygen atoms in total. The van der Waals surface area contributed by atoms with Crippen LogP contribution in [0.3, 0.4) is 0 Å². The summed E-state index contributed by atoms with van der Waals surface area (Å²) >= 11 is 5.20. The molecular weight excluding hydrogens is 364 g/mol. The van der Waals surface area contributed by atoms with Crippen molar-refractivity contribution in [3.63, 3.8) is 0 Å². The first-order chi connectivity index (χ1) is 13.0. The molecule has 0 aliphatic carbocycles. The van der Waals surface area contributed by atoms with Gasteiger partial charge >= 0.3 is 0 Å². The summed E-state index contributed by atoms with van der Waals surface area (Å²) in [5.74, 6) is -1.11.